The summed E-state index contributed by atoms with van der Waals surface area (Å²) in [7, 11) is 3.83. The van der Waals surface area contributed by atoms with Gasteiger partial charge in [-0.2, -0.15) is 0 Å². The topological polar surface area (TPSA) is 141 Å². The summed E-state index contributed by atoms with van der Waals surface area (Å²) < 4.78 is 0. The number of ketones is 2. The SMILES string of the molecule is CCCCCCc1cc(N(C)C)c2c(c1O)C(=O)CC(CC(CCO)C(CO)C(=O)CC(N)=O)C2. The number of carbonyl (C=O) groups is 3. The van der Waals surface area contributed by atoms with E-state index in [1.165, 1.54) is 0 Å². The van der Waals surface area contributed by atoms with Crippen molar-refractivity contribution in [3.63, 3.8) is 0 Å². The molecule has 8 nitrogen and oxygen atoms in total. The van der Waals surface area contributed by atoms with Gasteiger partial charge in [0.1, 0.15) is 11.5 Å². The number of phenolic OH excluding ortho intramolecular Hbond substituents is 1. The number of Topliss-reactive ketones (excluding diaryl/α,β-unsaturated/α-hetero) is 2. The molecular formula is C27H42N2O6. The van der Waals surface area contributed by atoms with Crippen LogP contribution >= 0.6 is 0 Å². The molecule has 5 N–H and O–H groups in total. The third-order valence-electron chi connectivity index (χ3n) is 7.15. The third-order valence-corrected chi connectivity index (χ3v) is 7.15. The fourth-order valence-electron chi connectivity index (χ4n) is 5.38. The van der Waals surface area contributed by atoms with Crippen LogP contribution in [0.15, 0.2) is 6.07 Å². The van der Waals surface area contributed by atoms with Gasteiger partial charge in [0.15, 0.2) is 5.78 Å². The van der Waals surface area contributed by atoms with Crippen molar-refractivity contribution in [1.82, 2.24) is 0 Å². The lowest BCUT2D eigenvalue weighted by Crippen LogP contribution is -2.34. The second-order valence-corrected chi connectivity index (χ2v) is 10.1. The lowest BCUT2D eigenvalue weighted by molar-refractivity contribution is -0.131. The van der Waals surface area contributed by atoms with Crippen LogP contribution in [0.2, 0.25) is 0 Å². The summed E-state index contributed by atoms with van der Waals surface area (Å²) in [5.41, 5.74) is 8.08. The Balaban J connectivity index is 2.32. The zero-order valence-electron chi connectivity index (χ0n) is 21.4. The minimum Gasteiger partial charge on any atom is -0.507 e. The number of anilines is 1. The van der Waals surface area contributed by atoms with E-state index in [1.54, 1.807) is 0 Å². The summed E-state index contributed by atoms with van der Waals surface area (Å²) in [5.74, 6) is -2.56. The predicted molar refractivity (Wildman–Crippen MR) is 136 cm³/mol. The highest BCUT2D eigenvalue weighted by Crippen LogP contribution is 2.42. The van der Waals surface area contributed by atoms with Crippen LogP contribution in [0.1, 0.15) is 79.8 Å². The molecule has 2 rings (SSSR count). The van der Waals surface area contributed by atoms with Gasteiger partial charge in [0, 0.05) is 38.7 Å². The van der Waals surface area contributed by atoms with Gasteiger partial charge < -0.3 is 26.0 Å². The van der Waals surface area contributed by atoms with Gasteiger partial charge in [-0.15, -0.1) is 0 Å². The van der Waals surface area contributed by atoms with E-state index in [2.05, 4.69) is 6.92 Å². The number of aromatic hydroxyl groups is 1. The van der Waals surface area contributed by atoms with E-state index in [-0.39, 0.29) is 42.8 Å². The molecule has 3 atom stereocenters. The number of amides is 1. The summed E-state index contributed by atoms with van der Waals surface area (Å²) in [6.45, 7) is 1.53. The molecule has 0 fully saturated rings. The van der Waals surface area contributed by atoms with Crippen molar-refractivity contribution < 1.29 is 29.7 Å². The van der Waals surface area contributed by atoms with E-state index in [0.717, 1.165) is 48.9 Å². The van der Waals surface area contributed by atoms with E-state index >= 15 is 0 Å². The maximum absolute atomic E-state index is 13.3. The van der Waals surface area contributed by atoms with Crippen LogP contribution in [0.4, 0.5) is 5.69 Å². The number of benzene rings is 1. The average Bonchev–Trinajstić information content (AvgIpc) is 2.77. The van der Waals surface area contributed by atoms with Crippen LogP contribution in [0.25, 0.3) is 0 Å². The van der Waals surface area contributed by atoms with Crippen molar-refractivity contribution in [1.29, 1.82) is 0 Å². The lowest BCUT2D eigenvalue weighted by Gasteiger charge is -2.33. The number of phenols is 1. The number of hydrogen-bond donors (Lipinski definition) is 4. The minimum atomic E-state index is -0.821. The molecule has 0 aromatic heterocycles. The second kappa shape index (κ2) is 13.6. The van der Waals surface area contributed by atoms with Crippen LogP contribution < -0.4 is 10.6 Å². The molecule has 0 bridgehead atoms. The smallest absolute Gasteiger partial charge is 0.224 e. The maximum atomic E-state index is 13.3. The fourth-order valence-corrected chi connectivity index (χ4v) is 5.38. The van der Waals surface area contributed by atoms with E-state index in [1.807, 2.05) is 25.1 Å². The van der Waals surface area contributed by atoms with Crippen LogP contribution in [-0.2, 0) is 22.4 Å². The van der Waals surface area contributed by atoms with Crippen molar-refractivity contribution in [3.8, 4) is 5.75 Å². The number of nitrogens with two attached hydrogens (primary N) is 1. The quantitative estimate of drug-likeness (QED) is 0.219. The molecule has 1 amide bonds. The monoisotopic (exact) mass is 490 g/mol. The van der Waals surface area contributed by atoms with Gasteiger partial charge in [0.2, 0.25) is 5.91 Å². The van der Waals surface area contributed by atoms with Crippen molar-refractivity contribution in [2.24, 2.45) is 23.5 Å². The summed E-state index contributed by atoms with van der Waals surface area (Å²) in [5, 5.41) is 30.5. The zero-order chi connectivity index (χ0) is 26.1. The molecule has 1 aliphatic rings. The van der Waals surface area contributed by atoms with Gasteiger partial charge in [-0.05, 0) is 61.1 Å². The highest BCUT2D eigenvalue weighted by Gasteiger charge is 2.36. The molecule has 0 saturated heterocycles. The van der Waals surface area contributed by atoms with Crippen LogP contribution in [-0.4, -0.2) is 60.1 Å². The van der Waals surface area contributed by atoms with E-state index < -0.39 is 30.6 Å². The Morgan fingerprint density at radius 3 is 2.46 bits per heavy atom. The molecule has 1 aromatic rings. The molecule has 1 aromatic carbocycles. The van der Waals surface area contributed by atoms with Crippen LogP contribution in [0.3, 0.4) is 0 Å². The summed E-state index contributed by atoms with van der Waals surface area (Å²) in [6, 6.07) is 1.98. The molecule has 1 aliphatic carbocycles. The zero-order valence-corrected chi connectivity index (χ0v) is 21.4. The standard InChI is InChI=1S/C27H42N2O6/c1-4-5-6-7-8-19-14-22(29(2)3)20-12-17(13-24(33)26(20)27(19)35)11-18(9-10-30)21(16-31)23(32)15-25(28)34/h14,17-18,21,30-31,35H,4-13,15-16H2,1-3H3,(H2,28,34). The summed E-state index contributed by atoms with van der Waals surface area (Å²) >= 11 is 0. The van der Waals surface area contributed by atoms with Crippen molar-refractivity contribution in [2.75, 3.05) is 32.2 Å². The number of aliphatic hydroxyl groups excluding tert-OH is 2. The van der Waals surface area contributed by atoms with Gasteiger partial charge in [0.05, 0.1) is 18.6 Å². The maximum Gasteiger partial charge on any atom is 0.224 e. The van der Waals surface area contributed by atoms with Crippen molar-refractivity contribution >= 4 is 23.2 Å². The molecule has 0 saturated carbocycles. The molecule has 0 aliphatic heterocycles. The first-order chi connectivity index (χ1) is 16.6. The number of primary amides is 1. The number of rotatable bonds is 15. The van der Waals surface area contributed by atoms with Gasteiger partial charge in [-0.3, -0.25) is 14.4 Å². The number of nitrogens with zero attached hydrogens (tertiary/aromatic N) is 1. The third kappa shape index (κ3) is 7.51. The predicted octanol–water partition coefficient (Wildman–Crippen LogP) is 2.77. The van der Waals surface area contributed by atoms with Crippen molar-refractivity contribution in [3.05, 3.63) is 22.8 Å². The largest absolute Gasteiger partial charge is 0.507 e. The van der Waals surface area contributed by atoms with Crippen LogP contribution in [0, 0.1) is 17.8 Å². The van der Waals surface area contributed by atoms with E-state index in [4.69, 9.17) is 5.73 Å². The van der Waals surface area contributed by atoms with Crippen LogP contribution in [0.5, 0.6) is 5.75 Å². The number of aliphatic hydroxyl groups is 2. The molecule has 3 unspecified atom stereocenters. The molecule has 8 heteroatoms. The van der Waals surface area contributed by atoms with Crippen molar-refractivity contribution in [2.45, 2.75) is 71.1 Å². The Labute approximate surface area is 208 Å². The van der Waals surface area contributed by atoms with E-state index in [9.17, 15) is 29.7 Å². The summed E-state index contributed by atoms with van der Waals surface area (Å²) in [4.78, 5) is 39.0. The number of unbranched alkanes of at least 4 members (excludes halogenated alkanes) is 3. The van der Waals surface area contributed by atoms with Gasteiger partial charge in [0.25, 0.3) is 0 Å². The second-order valence-electron chi connectivity index (χ2n) is 10.1. The molecule has 0 spiro atoms. The molecule has 196 valence electrons. The highest BCUT2D eigenvalue weighted by molar-refractivity contribution is 6.03. The molecule has 0 heterocycles. The summed E-state index contributed by atoms with van der Waals surface area (Å²) in [6.07, 6.45) is 6.03. The lowest BCUT2D eigenvalue weighted by atomic mass is 9.73. The van der Waals surface area contributed by atoms with E-state index in [0.29, 0.717) is 18.4 Å². The average molecular weight is 491 g/mol. The first kappa shape index (κ1) is 28.8. The van der Waals surface area contributed by atoms with Gasteiger partial charge in [-0.25, -0.2) is 0 Å². The number of carbonyl (C=O) groups excluding carboxylic acids is 3. The Hall–Kier alpha value is -2.45. The number of hydrogen-bond acceptors (Lipinski definition) is 7. The highest BCUT2D eigenvalue weighted by atomic mass is 16.3. The molecule has 35 heavy (non-hydrogen) atoms. The number of aryl methyl sites for hydroxylation is 1. The van der Waals surface area contributed by atoms with Gasteiger partial charge in [-0.1, -0.05) is 26.2 Å². The minimum absolute atomic E-state index is 0.0855. The number of fused-ring (bicyclic) bond motifs is 1. The van der Waals surface area contributed by atoms with Gasteiger partial charge >= 0.3 is 0 Å². The first-order valence-corrected chi connectivity index (χ1v) is 12.7. The fraction of sp³-hybridized carbons (Fsp3) is 0.667. The molecule has 0 radical (unpaired) electrons. The Morgan fingerprint density at radius 2 is 1.89 bits per heavy atom. The molecular weight excluding hydrogens is 448 g/mol. The first-order valence-electron chi connectivity index (χ1n) is 12.7. The Kier molecular flexibility index (Phi) is 11.2. The normalized spacial score (nSPS) is 17.1. The Bertz CT molecular complexity index is 898. The Morgan fingerprint density at radius 1 is 1.17 bits per heavy atom.